The van der Waals surface area contributed by atoms with Crippen molar-refractivity contribution in [1.82, 2.24) is 9.36 Å². The number of hydrogen-bond donors (Lipinski definition) is 1. The quantitative estimate of drug-likeness (QED) is 0.859. The van der Waals surface area contributed by atoms with E-state index in [1.807, 2.05) is 55.9 Å². The van der Waals surface area contributed by atoms with Gasteiger partial charge in [-0.3, -0.25) is 9.48 Å². The van der Waals surface area contributed by atoms with Gasteiger partial charge in [0.15, 0.2) is 0 Å². The maximum absolute atomic E-state index is 12.0. The molecule has 4 heteroatoms. The van der Waals surface area contributed by atoms with E-state index >= 15 is 0 Å². The Balaban J connectivity index is 2.73. The molecule has 1 heterocycles. The summed E-state index contributed by atoms with van der Waals surface area (Å²) in [5, 5.41) is 0. The van der Waals surface area contributed by atoms with Gasteiger partial charge in [-0.25, -0.2) is 4.68 Å². The molecule has 0 atom stereocenters. The Kier molecular flexibility index (Phi) is 2.79. The van der Waals surface area contributed by atoms with Gasteiger partial charge in [0.1, 0.15) is 5.69 Å². The van der Waals surface area contributed by atoms with E-state index in [1.165, 1.54) is 0 Å². The number of aromatic nitrogens is 2. The third kappa shape index (κ3) is 1.75. The fourth-order valence-corrected chi connectivity index (χ4v) is 2.16. The summed E-state index contributed by atoms with van der Waals surface area (Å²) in [7, 11) is 1.86. The van der Waals surface area contributed by atoms with Crippen LogP contribution in [0.3, 0.4) is 0 Å². The summed E-state index contributed by atoms with van der Waals surface area (Å²) in [6.45, 7) is 3.94. The van der Waals surface area contributed by atoms with Gasteiger partial charge in [0, 0.05) is 18.7 Å². The molecule has 0 spiro atoms. The van der Waals surface area contributed by atoms with Crippen LogP contribution >= 0.6 is 0 Å². The second kappa shape index (κ2) is 4.13. The Hall–Kier alpha value is -1.97. The number of anilines is 1. The first kappa shape index (κ1) is 11.5. The molecule has 0 aliphatic heterocycles. The minimum atomic E-state index is -0.124. The average Bonchev–Trinajstić information content (AvgIpc) is 2.51. The first-order valence-electron chi connectivity index (χ1n) is 5.66. The fraction of sp³-hybridized carbons (Fsp3) is 0.308. The van der Waals surface area contributed by atoms with Gasteiger partial charge in [0.05, 0.1) is 5.69 Å². The van der Waals surface area contributed by atoms with Crippen LogP contribution in [0.15, 0.2) is 35.1 Å². The van der Waals surface area contributed by atoms with Crippen LogP contribution in [0.1, 0.15) is 19.9 Å². The number of rotatable bonds is 2. The summed E-state index contributed by atoms with van der Waals surface area (Å²) in [6, 6.07) is 9.81. The molecule has 1 aromatic carbocycles. The van der Waals surface area contributed by atoms with Crippen molar-refractivity contribution in [2.24, 2.45) is 7.05 Å². The molecule has 0 saturated heterocycles. The molecule has 0 fully saturated rings. The van der Waals surface area contributed by atoms with Crippen molar-refractivity contribution in [3.05, 3.63) is 40.7 Å². The van der Waals surface area contributed by atoms with Crippen molar-refractivity contribution in [3.8, 4) is 11.3 Å². The summed E-state index contributed by atoms with van der Waals surface area (Å²) in [5.41, 5.74) is 7.85. The smallest absolute Gasteiger partial charge is 0.290 e. The molecular weight excluding hydrogens is 214 g/mol. The topological polar surface area (TPSA) is 52.9 Å². The third-order valence-corrected chi connectivity index (χ3v) is 2.88. The first-order chi connectivity index (χ1) is 8.04. The zero-order chi connectivity index (χ0) is 12.6. The molecule has 2 rings (SSSR count). The Labute approximate surface area is 100 Å². The number of nitrogens with two attached hydrogens (primary N) is 1. The molecule has 0 amide bonds. The van der Waals surface area contributed by atoms with E-state index in [4.69, 9.17) is 5.73 Å². The highest BCUT2D eigenvalue weighted by atomic mass is 16.1. The van der Waals surface area contributed by atoms with E-state index in [9.17, 15) is 4.79 Å². The monoisotopic (exact) mass is 231 g/mol. The molecule has 0 aliphatic rings. The van der Waals surface area contributed by atoms with Crippen LogP contribution in [-0.2, 0) is 7.05 Å². The highest BCUT2D eigenvalue weighted by molar-refractivity contribution is 5.72. The minimum Gasteiger partial charge on any atom is -0.392 e. The summed E-state index contributed by atoms with van der Waals surface area (Å²) in [6.07, 6.45) is 0. The Morgan fingerprint density at radius 3 is 2.24 bits per heavy atom. The summed E-state index contributed by atoms with van der Waals surface area (Å²) >= 11 is 0. The van der Waals surface area contributed by atoms with Gasteiger partial charge < -0.3 is 5.73 Å². The lowest BCUT2D eigenvalue weighted by molar-refractivity contribution is 0.441. The highest BCUT2D eigenvalue weighted by Crippen LogP contribution is 2.24. The molecule has 0 radical (unpaired) electrons. The van der Waals surface area contributed by atoms with Crippen LogP contribution in [0.5, 0.6) is 0 Å². The van der Waals surface area contributed by atoms with E-state index in [2.05, 4.69) is 0 Å². The summed E-state index contributed by atoms with van der Waals surface area (Å²) < 4.78 is 3.50. The van der Waals surface area contributed by atoms with Crippen LogP contribution in [0.2, 0.25) is 0 Å². The average molecular weight is 231 g/mol. The SMILES string of the molecule is CC(C)n1c(=O)c(N)c(-c2ccccc2)n1C. The van der Waals surface area contributed by atoms with Gasteiger partial charge in [0.2, 0.25) is 0 Å². The van der Waals surface area contributed by atoms with Crippen molar-refractivity contribution in [1.29, 1.82) is 0 Å². The van der Waals surface area contributed by atoms with Crippen LogP contribution in [0.25, 0.3) is 11.3 Å². The van der Waals surface area contributed by atoms with E-state index in [-0.39, 0.29) is 11.6 Å². The minimum absolute atomic E-state index is 0.0901. The van der Waals surface area contributed by atoms with Gasteiger partial charge >= 0.3 is 0 Å². The predicted molar refractivity (Wildman–Crippen MR) is 69.9 cm³/mol. The number of nitrogen functional groups attached to an aromatic ring is 1. The zero-order valence-electron chi connectivity index (χ0n) is 10.3. The normalized spacial score (nSPS) is 11.1. The molecule has 1 aromatic heterocycles. The molecule has 2 N–H and O–H groups in total. The molecule has 4 nitrogen and oxygen atoms in total. The number of hydrogen-bond acceptors (Lipinski definition) is 2. The lowest BCUT2D eigenvalue weighted by Gasteiger charge is -2.12. The van der Waals surface area contributed by atoms with Gasteiger partial charge in [-0.2, -0.15) is 0 Å². The standard InChI is InChI=1S/C13H17N3O/c1-9(2)16-13(17)11(14)12(15(16)3)10-7-5-4-6-8-10/h4-9H,14H2,1-3H3. The van der Waals surface area contributed by atoms with E-state index in [0.717, 1.165) is 11.3 Å². The maximum atomic E-state index is 12.0. The number of nitrogens with zero attached hydrogens (tertiary/aromatic N) is 2. The van der Waals surface area contributed by atoms with Crippen LogP contribution < -0.4 is 11.3 Å². The Morgan fingerprint density at radius 1 is 1.18 bits per heavy atom. The molecule has 0 saturated carbocycles. The van der Waals surface area contributed by atoms with Crippen molar-refractivity contribution in [3.63, 3.8) is 0 Å². The van der Waals surface area contributed by atoms with Crippen molar-refractivity contribution >= 4 is 5.69 Å². The molecule has 0 unspecified atom stereocenters. The Bertz CT molecular complexity index is 579. The second-order valence-electron chi connectivity index (χ2n) is 4.40. The fourth-order valence-electron chi connectivity index (χ4n) is 2.16. The van der Waals surface area contributed by atoms with Crippen molar-refractivity contribution < 1.29 is 0 Å². The molecular formula is C13H17N3O. The first-order valence-corrected chi connectivity index (χ1v) is 5.66. The van der Waals surface area contributed by atoms with Crippen LogP contribution in [-0.4, -0.2) is 9.36 Å². The lowest BCUT2D eigenvalue weighted by Crippen LogP contribution is -2.24. The summed E-state index contributed by atoms with van der Waals surface area (Å²) in [4.78, 5) is 12.0. The lowest BCUT2D eigenvalue weighted by atomic mass is 10.1. The van der Waals surface area contributed by atoms with Gasteiger partial charge in [-0.1, -0.05) is 30.3 Å². The molecule has 90 valence electrons. The zero-order valence-corrected chi connectivity index (χ0v) is 10.3. The van der Waals surface area contributed by atoms with E-state index in [0.29, 0.717) is 5.69 Å². The second-order valence-corrected chi connectivity index (χ2v) is 4.40. The van der Waals surface area contributed by atoms with Gasteiger partial charge in [0.25, 0.3) is 5.56 Å². The van der Waals surface area contributed by atoms with E-state index < -0.39 is 0 Å². The molecule has 0 bridgehead atoms. The molecule has 0 aliphatic carbocycles. The Morgan fingerprint density at radius 2 is 1.76 bits per heavy atom. The third-order valence-electron chi connectivity index (χ3n) is 2.88. The summed E-state index contributed by atoms with van der Waals surface area (Å²) in [5.74, 6) is 0. The van der Waals surface area contributed by atoms with Gasteiger partial charge in [-0.05, 0) is 13.8 Å². The number of benzene rings is 1. The predicted octanol–water partition coefficient (Wildman–Crippen LogP) is 2.02. The van der Waals surface area contributed by atoms with Crippen LogP contribution in [0.4, 0.5) is 5.69 Å². The largest absolute Gasteiger partial charge is 0.392 e. The molecule has 17 heavy (non-hydrogen) atoms. The van der Waals surface area contributed by atoms with Crippen molar-refractivity contribution in [2.75, 3.05) is 5.73 Å². The van der Waals surface area contributed by atoms with Gasteiger partial charge in [-0.15, -0.1) is 0 Å². The van der Waals surface area contributed by atoms with E-state index in [1.54, 1.807) is 4.68 Å². The van der Waals surface area contributed by atoms with Crippen molar-refractivity contribution in [2.45, 2.75) is 19.9 Å². The highest BCUT2D eigenvalue weighted by Gasteiger charge is 2.17. The van der Waals surface area contributed by atoms with Crippen LogP contribution in [0, 0.1) is 0 Å². The molecule has 2 aromatic rings. The maximum Gasteiger partial charge on any atom is 0.290 e.